The zero-order valence-electron chi connectivity index (χ0n) is 11.0. The minimum absolute atomic E-state index is 0.131. The van der Waals surface area contributed by atoms with Gasteiger partial charge in [-0.3, -0.25) is 4.79 Å². The quantitative estimate of drug-likeness (QED) is 0.593. The molecule has 0 aliphatic carbocycles. The molecule has 0 aliphatic rings. The van der Waals surface area contributed by atoms with Crippen LogP contribution in [0.5, 0.6) is 5.75 Å². The van der Waals surface area contributed by atoms with Crippen LogP contribution in [-0.2, 0) is 19.1 Å². The average Bonchev–Trinajstić information content (AvgIpc) is 2.42. The fourth-order valence-electron chi connectivity index (χ4n) is 1.29. The van der Waals surface area contributed by atoms with Crippen LogP contribution in [-0.4, -0.2) is 41.5 Å². The summed E-state index contributed by atoms with van der Waals surface area (Å²) in [6.45, 7) is 0.595. The van der Waals surface area contributed by atoms with Gasteiger partial charge in [0.1, 0.15) is 12.4 Å². The molecule has 0 radical (unpaired) electrons. The van der Waals surface area contributed by atoms with Crippen molar-refractivity contribution in [3.63, 3.8) is 0 Å². The highest BCUT2D eigenvalue weighted by atomic mass is 16.6. The van der Waals surface area contributed by atoms with E-state index in [2.05, 4.69) is 4.74 Å². The Morgan fingerprint density at radius 2 is 1.95 bits per heavy atom. The van der Waals surface area contributed by atoms with Crippen LogP contribution in [0.3, 0.4) is 0 Å². The maximum atomic E-state index is 11.5. The van der Waals surface area contributed by atoms with Gasteiger partial charge in [0.15, 0.2) is 6.10 Å². The number of carbonyl (C=O) groups is 2. The Labute approximate surface area is 116 Å². The Morgan fingerprint density at radius 1 is 1.30 bits per heavy atom. The largest absolute Gasteiger partial charge is 0.508 e. The molecule has 0 saturated heterocycles. The summed E-state index contributed by atoms with van der Waals surface area (Å²) in [7, 11) is 0. The molecule has 1 unspecified atom stereocenters. The molecule has 1 atom stereocenters. The van der Waals surface area contributed by atoms with Crippen molar-refractivity contribution in [3.8, 4) is 5.75 Å². The molecule has 0 bridgehead atoms. The summed E-state index contributed by atoms with van der Waals surface area (Å²) in [6, 6.07) is 6.23. The van der Waals surface area contributed by atoms with Gasteiger partial charge < -0.3 is 19.7 Å². The predicted molar refractivity (Wildman–Crippen MR) is 70.7 cm³/mol. The molecule has 0 heterocycles. The molecule has 0 amide bonds. The van der Waals surface area contributed by atoms with Gasteiger partial charge in [0.05, 0.1) is 6.61 Å². The zero-order valence-corrected chi connectivity index (χ0v) is 11.0. The first kappa shape index (κ1) is 15.7. The van der Waals surface area contributed by atoms with Gasteiger partial charge in [-0.15, -0.1) is 0 Å². The first-order valence-corrected chi connectivity index (χ1v) is 5.93. The molecule has 0 aromatic heterocycles. The summed E-state index contributed by atoms with van der Waals surface area (Å²) >= 11 is 0. The second kappa shape index (κ2) is 7.96. The summed E-state index contributed by atoms with van der Waals surface area (Å²) in [6.07, 6.45) is 1.79. The summed E-state index contributed by atoms with van der Waals surface area (Å²) in [5, 5.41) is 18.1. The lowest BCUT2D eigenvalue weighted by molar-refractivity contribution is -0.156. The third-order valence-corrected chi connectivity index (χ3v) is 2.26. The van der Waals surface area contributed by atoms with Crippen LogP contribution in [0, 0.1) is 0 Å². The summed E-state index contributed by atoms with van der Waals surface area (Å²) in [4.78, 5) is 22.1. The number of ether oxygens (including phenoxy) is 2. The summed E-state index contributed by atoms with van der Waals surface area (Å²) in [5.41, 5.74) is 0.709. The van der Waals surface area contributed by atoms with Crippen LogP contribution >= 0.6 is 0 Å². The highest BCUT2D eigenvalue weighted by Gasteiger charge is 2.13. The molecular formula is C14H16O6. The fourth-order valence-corrected chi connectivity index (χ4v) is 1.29. The monoisotopic (exact) mass is 280 g/mol. The minimum atomic E-state index is -0.893. The lowest BCUT2D eigenvalue weighted by Gasteiger charge is -2.13. The van der Waals surface area contributed by atoms with E-state index in [1.807, 2.05) is 0 Å². The van der Waals surface area contributed by atoms with E-state index in [1.54, 1.807) is 12.1 Å². The molecule has 0 saturated carbocycles. The van der Waals surface area contributed by atoms with Crippen LogP contribution < -0.4 is 0 Å². The third-order valence-electron chi connectivity index (χ3n) is 2.26. The van der Waals surface area contributed by atoms with Crippen LogP contribution in [0.1, 0.15) is 12.5 Å². The Kier molecular flexibility index (Phi) is 6.25. The van der Waals surface area contributed by atoms with Crippen molar-refractivity contribution in [1.82, 2.24) is 0 Å². The number of esters is 2. The van der Waals surface area contributed by atoms with Gasteiger partial charge in [0.25, 0.3) is 0 Å². The molecule has 108 valence electrons. The van der Waals surface area contributed by atoms with Crippen molar-refractivity contribution < 1.29 is 29.3 Å². The van der Waals surface area contributed by atoms with Crippen LogP contribution in [0.4, 0.5) is 0 Å². The summed E-state index contributed by atoms with van der Waals surface area (Å²) < 4.78 is 9.54. The number of hydrogen-bond acceptors (Lipinski definition) is 6. The lowest BCUT2D eigenvalue weighted by atomic mass is 10.2. The first-order chi connectivity index (χ1) is 9.51. The number of phenolic OH excluding ortho intramolecular Hbond substituents is 1. The van der Waals surface area contributed by atoms with Crippen LogP contribution in [0.15, 0.2) is 30.3 Å². The Morgan fingerprint density at radius 3 is 2.50 bits per heavy atom. The molecular weight excluding hydrogens is 264 g/mol. The smallest absolute Gasteiger partial charge is 0.331 e. The third kappa shape index (κ3) is 6.01. The van der Waals surface area contributed by atoms with Crippen LogP contribution in [0.2, 0.25) is 0 Å². The number of aliphatic hydroxyl groups is 1. The molecule has 1 aromatic rings. The van der Waals surface area contributed by atoms with Crippen molar-refractivity contribution in [2.45, 2.75) is 13.0 Å². The number of aliphatic hydroxyl groups excluding tert-OH is 1. The van der Waals surface area contributed by atoms with E-state index < -0.39 is 24.6 Å². The molecule has 1 rings (SSSR count). The van der Waals surface area contributed by atoms with E-state index in [-0.39, 0.29) is 12.4 Å². The Balaban J connectivity index is 2.48. The van der Waals surface area contributed by atoms with E-state index in [9.17, 15) is 9.59 Å². The fraction of sp³-hybridized carbons (Fsp3) is 0.286. The van der Waals surface area contributed by atoms with Gasteiger partial charge in [0, 0.05) is 13.0 Å². The molecule has 0 fully saturated rings. The van der Waals surface area contributed by atoms with E-state index in [0.717, 1.165) is 0 Å². The number of hydrogen-bond donors (Lipinski definition) is 2. The molecule has 20 heavy (non-hydrogen) atoms. The van der Waals surface area contributed by atoms with E-state index >= 15 is 0 Å². The highest BCUT2D eigenvalue weighted by Crippen LogP contribution is 2.10. The molecule has 0 spiro atoms. The molecule has 6 heteroatoms. The molecule has 6 nitrogen and oxygen atoms in total. The van der Waals surface area contributed by atoms with Gasteiger partial charge >= 0.3 is 11.9 Å². The van der Waals surface area contributed by atoms with Gasteiger partial charge in [-0.1, -0.05) is 12.1 Å². The van der Waals surface area contributed by atoms with Gasteiger partial charge in [0.2, 0.25) is 0 Å². The first-order valence-electron chi connectivity index (χ1n) is 5.93. The summed E-state index contributed by atoms with van der Waals surface area (Å²) in [5.74, 6) is -1.05. The van der Waals surface area contributed by atoms with E-state index in [4.69, 9.17) is 14.9 Å². The van der Waals surface area contributed by atoms with E-state index in [1.165, 1.54) is 31.2 Å². The minimum Gasteiger partial charge on any atom is -0.508 e. The van der Waals surface area contributed by atoms with E-state index in [0.29, 0.717) is 5.56 Å². The average molecular weight is 280 g/mol. The Hall–Kier alpha value is -2.34. The number of aromatic hydroxyl groups is 1. The molecule has 0 aliphatic heterocycles. The standard InChI is InChI=1S/C14H16O6/c1-10(16)19-9-13(8-15)20-14(18)7-4-11-2-5-12(17)6-3-11/h2-7,13,15,17H,8-9H2,1H3/b7-4+. The van der Waals surface area contributed by atoms with Gasteiger partial charge in [-0.2, -0.15) is 0 Å². The van der Waals surface area contributed by atoms with Crippen molar-refractivity contribution in [2.24, 2.45) is 0 Å². The SMILES string of the molecule is CC(=O)OCC(CO)OC(=O)/C=C/c1ccc(O)cc1. The van der Waals surface area contributed by atoms with Gasteiger partial charge in [-0.25, -0.2) is 4.79 Å². The van der Waals surface area contributed by atoms with Crippen molar-refractivity contribution in [3.05, 3.63) is 35.9 Å². The molecule has 2 N–H and O–H groups in total. The van der Waals surface area contributed by atoms with Gasteiger partial charge in [-0.05, 0) is 23.8 Å². The number of benzene rings is 1. The van der Waals surface area contributed by atoms with Crippen molar-refractivity contribution in [1.29, 1.82) is 0 Å². The second-order valence-corrected chi connectivity index (χ2v) is 3.97. The molecule has 1 aromatic carbocycles. The number of rotatable bonds is 6. The Bertz CT molecular complexity index is 477. The van der Waals surface area contributed by atoms with Crippen molar-refractivity contribution in [2.75, 3.05) is 13.2 Å². The second-order valence-electron chi connectivity index (χ2n) is 3.97. The number of phenols is 1. The van der Waals surface area contributed by atoms with Crippen LogP contribution in [0.25, 0.3) is 6.08 Å². The lowest BCUT2D eigenvalue weighted by Crippen LogP contribution is -2.27. The highest BCUT2D eigenvalue weighted by molar-refractivity contribution is 5.87. The zero-order chi connectivity index (χ0) is 15.0. The maximum absolute atomic E-state index is 11.5. The maximum Gasteiger partial charge on any atom is 0.331 e. The normalized spacial score (nSPS) is 12.1. The predicted octanol–water partition coefficient (Wildman–Crippen LogP) is 0.873. The topological polar surface area (TPSA) is 93.1 Å². The number of carbonyl (C=O) groups excluding carboxylic acids is 2. The van der Waals surface area contributed by atoms with Crippen molar-refractivity contribution >= 4 is 18.0 Å².